The maximum absolute atomic E-state index is 10.8. The Morgan fingerprint density at radius 3 is 2.41 bits per heavy atom. The van der Waals surface area contributed by atoms with Gasteiger partial charge in [-0.05, 0) is 84.8 Å². The van der Waals surface area contributed by atoms with Gasteiger partial charge < -0.3 is 9.84 Å². The molecule has 4 nitrogen and oxygen atoms in total. The zero-order chi connectivity index (χ0) is 20.6. The molecule has 6 heteroatoms. The maximum Gasteiger partial charge on any atom is 0.303 e. The topological polar surface area (TPSA) is 59.4 Å². The number of hydrogen-bond acceptors (Lipinski definition) is 3. The Morgan fingerprint density at radius 1 is 1.03 bits per heavy atom. The quantitative estimate of drug-likeness (QED) is 0.377. The molecule has 0 fully saturated rings. The summed E-state index contributed by atoms with van der Waals surface area (Å²) in [5.74, 6) is -0.119. The van der Waals surface area contributed by atoms with Crippen LogP contribution in [-0.4, -0.2) is 16.1 Å². The van der Waals surface area contributed by atoms with E-state index in [4.69, 9.17) is 9.84 Å². The Morgan fingerprint density at radius 2 is 1.72 bits per heavy atom. The first-order chi connectivity index (χ1) is 14.0. The molecule has 3 aromatic rings. The fraction of sp³-hybridized carbons (Fsp3) is 0.130. The van der Waals surface area contributed by atoms with Crippen LogP contribution in [0.2, 0.25) is 0 Å². The summed E-state index contributed by atoms with van der Waals surface area (Å²) < 4.78 is 7.65. The third-order valence-electron chi connectivity index (χ3n) is 4.27. The van der Waals surface area contributed by atoms with Crippen LogP contribution in [0.4, 0.5) is 0 Å². The molecule has 0 aliphatic rings. The van der Waals surface area contributed by atoms with E-state index in [0.29, 0.717) is 18.8 Å². The molecule has 1 aromatic heterocycles. The van der Waals surface area contributed by atoms with Crippen molar-refractivity contribution >= 4 is 50.0 Å². The van der Waals surface area contributed by atoms with Crippen LogP contribution in [0.25, 0.3) is 12.2 Å². The van der Waals surface area contributed by atoms with Crippen molar-refractivity contribution in [3.8, 4) is 5.75 Å². The first-order valence-electron chi connectivity index (χ1n) is 9.01. The fourth-order valence-corrected chi connectivity index (χ4v) is 4.29. The summed E-state index contributed by atoms with van der Waals surface area (Å²) in [7, 11) is 0. The molecule has 0 aliphatic heterocycles. The average Bonchev–Trinajstić information content (AvgIpc) is 2.71. The highest BCUT2D eigenvalue weighted by atomic mass is 79.9. The van der Waals surface area contributed by atoms with Gasteiger partial charge in [0.25, 0.3) is 0 Å². The minimum atomic E-state index is -0.811. The number of carboxylic acid groups (broad SMARTS) is 1. The highest BCUT2D eigenvalue weighted by molar-refractivity contribution is 9.11. The number of aryl methyl sites for hydroxylation is 1. The molecule has 29 heavy (non-hydrogen) atoms. The zero-order valence-electron chi connectivity index (χ0n) is 15.5. The number of nitrogens with zero attached hydrogens (tertiary/aromatic N) is 1. The monoisotopic (exact) mass is 515 g/mol. The predicted octanol–water partition coefficient (Wildman–Crippen LogP) is 6.37. The first-order valence-corrected chi connectivity index (χ1v) is 10.6. The summed E-state index contributed by atoms with van der Waals surface area (Å²) in [4.78, 5) is 14.8. The lowest BCUT2D eigenvalue weighted by Gasteiger charge is -2.13. The van der Waals surface area contributed by atoms with Crippen molar-refractivity contribution in [3.05, 3.63) is 92.1 Å². The van der Waals surface area contributed by atoms with Crippen molar-refractivity contribution in [3.63, 3.8) is 0 Å². The standard InChI is InChI=1S/C23H19Br2NO3/c24-20-13-17(6-8-22(27)28)14-21(25)23(20)29-15-19-4-2-1-3-18(19)7-5-16-9-11-26-12-10-16/h1-5,7,9-14H,6,8,15H2,(H,27,28)/b7-5+. The highest BCUT2D eigenvalue weighted by Gasteiger charge is 2.11. The van der Waals surface area contributed by atoms with E-state index < -0.39 is 5.97 Å². The number of carbonyl (C=O) groups is 1. The Hall–Kier alpha value is -2.44. The van der Waals surface area contributed by atoms with Crippen molar-refractivity contribution < 1.29 is 14.6 Å². The molecule has 1 N–H and O–H groups in total. The number of ether oxygens (including phenoxy) is 1. The van der Waals surface area contributed by atoms with Crippen LogP contribution in [0.15, 0.2) is 69.9 Å². The molecule has 3 rings (SSSR count). The molecule has 0 amide bonds. The Balaban J connectivity index is 1.73. The van der Waals surface area contributed by atoms with Crippen LogP contribution in [-0.2, 0) is 17.8 Å². The van der Waals surface area contributed by atoms with Crippen LogP contribution in [0, 0.1) is 0 Å². The predicted molar refractivity (Wildman–Crippen MR) is 122 cm³/mol. The van der Waals surface area contributed by atoms with E-state index in [2.05, 4.69) is 49.0 Å². The third kappa shape index (κ3) is 6.27. The minimum Gasteiger partial charge on any atom is -0.487 e. The Bertz CT molecular complexity index is 997. The normalized spacial score (nSPS) is 11.0. The van der Waals surface area contributed by atoms with Crippen LogP contribution < -0.4 is 4.74 Å². The van der Waals surface area contributed by atoms with Crippen LogP contribution in [0.1, 0.15) is 28.7 Å². The third-order valence-corrected chi connectivity index (χ3v) is 5.45. The lowest BCUT2D eigenvalue weighted by atomic mass is 10.1. The molecular weight excluding hydrogens is 498 g/mol. The number of aromatic nitrogens is 1. The smallest absolute Gasteiger partial charge is 0.303 e. The molecule has 0 spiro atoms. The number of carboxylic acids is 1. The second kappa shape index (κ2) is 10.4. The van der Waals surface area contributed by atoms with E-state index in [9.17, 15) is 4.79 Å². The number of rotatable bonds is 8. The summed E-state index contributed by atoms with van der Waals surface area (Å²) in [6.45, 7) is 0.405. The number of pyridine rings is 1. The van der Waals surface area contributed by atoms with Crippen LogP contribution in [0.3, 0.4) is 0 Å². The van der Waals surface area contributed by atoms with Gasteiger partial charge in [0.15, 0.2) is 0 Å². The van der Waals surface area contributed by atoms with Gasteiger partial charge >= 0.3 is 5.97 Å². The molecule has 0 bridgehead atoms. The van der Waals surface area contributed by atoms with E-state index in [1.807, 2.05) is 48.5 Å². The first kappa shape index (κ1) is 21.3. The van der Waals surface area contributed by atoms with Gasteiger partial charge in [0, 0.05) is 18.8 Å². The summed E-state index contributed by atoms with van der Waals surface area (Å²) in [5.41, 5.74) is 4.15. The molecule has 0 radical (unpaired) electrons. The van der Waals surface area contributed by atoms with Crippen LogP contribution >= 0.6 is 31.9 Å². The van der Waals surface area contributed by atoms with Gasteiger partial charge in [0.2, 0.25) is 0 Å². The van der Waals surface area contributed by atoms with Crippen molar-refractivity contribution in [2.45, 2.75) is 19.4 Å². The molecule has 1 heterocycles. The number of hydrogen-bond donors (Lipinski definition) is 1. The summed E-state index contributed by atoms with van der Waals surface area (Å²) in [6, 6.07) is 15.8. The van der Waals surface area contributed by atoms with E-state index >= 15 is 0 Å². The van der Waals surface area contributed by atoms with Crippen molar-refractivity contribution in [1.82, 2.24) is 4.98 Å². The molecule has 0 saturated carbocycles. The average molecular weight is 517 g/mol. The Labute approximate surface area is 186 Å². The molecule has 0 saturated heterocycles. The molecule has 2 aromatic carbocycles. The van der Waals surface area contributed by atoms with Crippen molar-refractivity contribution in [2.75, 3.05) is 0 Å². The minimum absolute atomic E-state index is 0.0935. The number of benzene rings is 2. The summed E-state index contributed by atoms with van der Waals surface area (Å²) in [6.07, 6.45) is 8.20. The number of halogens is 2. The molecular formula is C23H19Br2NO3. The second-order valence-corrected chi connectivity index (χ2v) is 8.09. The SMILES string of the molecule is O=C(O)CCc1cc(Br)c(OCc2ccccc2/C=C/c2ccncc2)c(Br)c1. The molecule has 148 valence electrons. The van der Waals surface area contributed by atoms with Gasteiger partial charge in [0.05, 0.1) is 8.95 Å². The van der Waals surface area contributed by atoms with Crippen molar-refractivity contribution in [1.29, 1.82) is 0 Å². The number of aliphatic carboxylic acids is 1. The van der Waals surface area contributed by atoms with E-state index in [0.717, 1.165) is 31.2 Å². The van der Waals surface area contributed by atoms with Gasteiger partial charge in [-0.2, -0.15) is 0 Å². The molecule has 0 unspecified atom stereocenters. The summed E-state index contributed by atoms with van der Waals surface area (Å²) in [5, 5.41) is 8.86. The van der Waals surface area contributed by atoms with E-state index in [1.165, 1.54) is 0 Å². The summed E-state index contributed by atoms with van der Waals surface area (Å²) >= 11 is 7.07. The lowest BCUT2D eigenvalue weighted by Crippen LogP contribution is -2.01. The van der Waals surface area contributed by atoms with Crippen LogP contribution in [0.5, 0.6) is 5.75 Å². The van der Waals surface area contributed by atoms with Gasteiger partial charge in [-0.3, -0.25) is 9.78 Å². The Kier molecular flexibility index (Phi) is 7.61. The maximum atomic E-state index is 10.8. The largest absolute Gasteiger partial charge is 0.487 e. The highest BCUT2D eigenvalue weighted by Crippen LogP contribution is 2.36. The van der Waals surface area contributed by atoms with E-state index in [1.54, 1.807) is 12.4 Å². The molecule has 0 atom stereocenters. The van der Waals surface area contributed by atoms with Gasteiger partial charge in [0.1, 0.15) is 12.4 Å². The second-order valence-electron chi connectivity index (χ2n) is 6.38. The van der Waals surface area contributed by atoms with E-state index in [-0.39, 0.29) is 6.42 Å². The van der Waals surface area contributed by atoms with Gasteiger partial charge in [-0.1, -0.05) is 36.4 Å². The fourth-order valence-electron chi connectivity index (χ4n) is 2.78. The van der Waals surface area contributed by atoms with Gasteiger partial charge in [-0.15, -0.1) is 0 Å². The van der Waals surface area contributed by atoms with Crippen molar-refractivity contribution in [2.24, 2.45) is 0 Å². The zero-order valence-corrected chi connectivity index (χ0v) is 18.7. The molecule has 0 aliphatic carbocycles. The van der Waals surface area contributed by atoms with Gasteiger partial charge in [-0.25, -0.2) is 0 Å². The lowest BCUT2D eigenvalue weighted by molar-refractivity contribution is -0.136.